The van der Waals surface area contributed by atoms with Gasteiger partial charge in [0.2, 0.25) is 11.8 Å². The third kappa shape index (κ3) is 5.12. The number of benzene rings is 2. The van der Waals surface area contributed by atoms with E-state index in [4.69, 9.17) is 4.74 Å². The second-order valence-corrected chi connectivity index (χ2v) is 7.65. The first kappa shape index (κ1) is 20.7. The minimum Gasteiger partial charge on any atom is -0.447 e. The van der Waals surface area contributed by atoms with Crippen molar-refractivity contribution in [2.24, 2.45) is 5.92 Å². The fourth-order valence-electron chi connectivity index (χ4n) is 3.82. The van der Waals surface area contributed by atoms with Crippen molar-refractivity contribution in [3.05, 3.63) is 66.2 Å². The molecule has 0 atom stereocenters. The van der Waals surface area contributed by atoms with Gasteiger partial charge in [0.15, 0.2) is 0 Å². The lowest BCUT2D eigenvalue weighted by Crippen LogP contribution is -2.40. The number of nitrogens with zero attached hydrogens (tertiary/aromatic N) is 2. The number of piperidine rings is 1. The quantitative estimate of drug-likeness (QED) is 0.752. The topological polar surface area (TPSA) is 79.0 Å². The number of carbonyl (C=O) groups excluding carboxylic acids is 3. The van der Waals surface area contributed by atoms with Gasteiger partial charge >= 0.3 is 6.09 Å². The number of ether oxygens (including phenoxy) is 1. The molecule has 7 heteroatoms. The van der Waals surface area contributed by atoms with Crippen molar-refractivity contribution in [2.45, 2.75) is 12.8 Å². The van der Waals surface area contributed by atoms with E-state index >= 15 is 0 Å². The van der Waals surface area contributed by atoms with Crippen LogP contribution in [-0.2, 0) is 14.3 Å². The Kier molecular flexibility index (Phi) is 6.31. The number of carbonyl (C=O) groups is 3. The summed E-state index contributed by atoms with van der Waals surface area (Å²) in [5.74, 6) is -0.247. The van der Waals surface area contributed by atoms with Crippen LogP contribution < -0.4 is 10.2 Å². The van der Waals surface area contributed by atoms with Crippen molar-refractivity contribution < 1.29 is 19.1 Å². The van der Waals surface area contributed by atoms with Gasteiger partial charge < -0.3 is 15.0 Å². The smallest absolute Gasteiger partial charge is 0.414 e. The first-order valence-corrected chi connectivity index (χ1v) is 10.5. The average Bonchev–Trinajstić information content (AvgIpc) is 3.24. The van der Waals surface area contributed by atoms with Crippen LogP contribution in [0.1, 0.15) is 18.4 Å². The van der Waals surface area contributed by atoms with Crippen LogP contribution in [0.2, 0.25) is 0 Å². The molecule has 7 nitrogen and oxygen atoms in total. The molecule has 0 unspecified atom stereocenters. The van der Waals surface area contributed by atoms with E-state index in [-0.39, 0.29) is 23.8 Å². The Balaban J connectivity index is 1.29. The molecule has 31 heavy (non-hydrogen) atoms. The van der Waals surface area contributed by atoms with Crippen LogP contribution in [0.4, 0.5) is 16.2 Å². The van der Waals surface area contributed by atoms with Gasteiger partial charge in [-0.05, 0) is 42.7 Å². The third-order valence-electron chi connectivity index (χ3n) is 5.58. The summed E-state index contributed by atoms with van der Waals surface area (Å²) in [6.07, 6.45) is 4.26. The van der Waals surface area contributed by atoms with Gasteiger partial charge in [0, 0.05) is 36.5 Å². The Labute approximate surface area is 181 Å². The summed E-state index contributed by atoms with van der Waals surface area (Å²) >= 11 is 0. The van der Waals surface area contributed by atoms with E-state index < -0.39 is 0 Å². The fourth-order valence-corrected chi connectivity index (χ4v) is 3.82. The summed E-state index contributed by atoms with van der Waals surface area (Å²) in [6, 6.07) is 16.9. The molecule has 2 aliphatic rings. The minimum atomic E-state index is -0.373. The molecule has 4 rings (SSSR count). The molecule has 0 saturated carbocycles. The maximum Gasteiger partial charge on any atom is 0.414 e. The predicted octanol–water partition coefficient (Wildman–Crippen LogP) is 3.53. The molecule has 0 spiro atoms. The van der Waals surface area contributed by atoms with E-state index in [1.807, 2.05) is 42.5 Å². The van der Waals surface area contributed by atoms with Gasteiger partial charge in [-0.25, -0.2) is 4.79 Å². The van der Waals surface area contributed by atoms with Crippen LogP contribution in [0.25, 0.3) is 6.08 Å². The number of amides is 3. The van der Waals surface area contributed by atoms with Crippen LogP contribution in [0.5, 0.6) is 0 Å². The van der Waals surface area contributed by atoms with E-state index in [9.17, 15) is 14.4 Å². The van der Waals surface area contributed by atoms with Gasteiger partial charge in [-0.3, -0.25) is 14.5 Å². The first-order valence-electron chi connectivity index (χ1n) is 10.5. The van der Waals surface area contributed by atoms with E-state index in [0.717, 1.165) is 5.56 Å². The van der Waals surface area contributed by atoms with Crippen molar-refractivity contribution >= 4 is 35.4 Å². The largest absolute Gasteiger partial charge is 0.447 e. The summed E-state index contributed by atoms with van der Waals surface area (Å²) < 4.78 is 4.97. The molecule has 2 aromatic carbocycles. The average molecular weight is 419 g/mol. The molecule has 2 saturated heterocycles. The number of hydrogen-bond donors (Lipinski definition) is 1. The van der Waals surface area contributed by atoms with Gasteiger partial charge in [0.05, 0.1) is 6.54 Å². The normalized spacial score (nSPS) is 17.1. The number of anilines is 2. The zero-order chi connectivity index (χ0) is 21.6. The highest BCUT2D eigenvalue weighted by atomic mass is 16.6. The van der Waals surface area contributed by atoms with E-state index in [0.29, 0.717) is 50.5 Å². The fraction of sp³-hybridized carbons (Fsp3) is 0.292. The maximum atomic E-state index is 12.7. The molecule has 2 aromatic rings. The van der Waals surface area contributed by atoms with Crippen molar-refractivity contribution in [1.29, 1.82) is 0 Å². The van der Waals surface area contributed by atoms with Crippen LogP contribution >= 0.6 is 0 Å². The summed E-state index contributed by atoms with van der Waals surface area (Å²) in [7, 11) is 0. The zero-order valence-electron chi connectivity index (χ0n) is 17.2. The monoisotopic (exact) mass is 419 g/mol. The molecule has 160 valence electrons. The van der Waals surface area contributed by atoms with Crippen LogP contribution in [0, 0.1) is 5.92 Å². The molecule has 2 fully saturated rings. The summed E-state index contributed by atoms with van der Waals surface area (Å²) in [5, 5.41) is 2.95. The number of hydrogen-bond acceptors (Lipinski definition) is 4. The predicted molar refractivity (Wildman–Crippen MR) is 119 cm³/mol. The lowest BCUT2D eigenvalue weighted by Gasteiger charge is -2.30. The molecule has 3 amide bonds. The number of nitrogens with one attached hydrogen (secondary N) is 1. The van der Waals surface area contributed by atoms with Gasteiger partial charge in [-0.15, -0.1) is 0 Å². The summed E-state index contributed by atoms with van der Waals surface area (Å²) in [4.78, 5) is 40.2. The SMILES string of the molecule is O=C(Nc1cccc(N2CCOC2=O)c1)C1CCN(C(=O)/C=C/c2ccccc2)CC1. The lowest BCUT2D eigenvalue weighted by atomic mass is 9.95. The molecule has 2 heterocycles. The zero-order valence-corrected chi connectivity index (χ0v) is 17.2. The highest BCUT2D eigenvalue weighted by Crippen LogP contribution is 2.24. The van der Waals surface area contributed by atoms with E-state index in [1.54, 1.807) is 34.1 Å². The molecule has 1 N–H and O–H groups in total. The highest BCUT2D eigenvalue weighted by Gasteiger charge is 2.27. The Morgan fingerprint density at radius 3 is 2.48 bits per heavy atom. The highest BCUT2D eigenvalue weighted by molar-refractivity contribution is 5.95. The molecule has 2 aliphatic heterocycles. The lowest BCUT2D eigenvalue weighted by molar-refractivity contribution is -0.130. The summed E-state index contributed by atoms with van der Waals surface area (Å²) in [5.41, 5.74) is 2.33. The van der Waals surface area contributed by atoms with E-state index in [1.165, 1.54) is 0 Å². The van der Waals surface area contributed by atoms with Gasteiger partial charge in [-0.2, -0.15) is 0 Å². The van der Waals surface area contributed by atoms with Crippen molar-refractivity contribution in [2.75, 3.05) is 36.5 Å². The Hall–Kier alpha value is -3.61. The molecule has 0 bridgehead atoms. The molecule has 0 aliphatic carbocycles. The van der Waals surface area contributed by atoms with Crippen molar-refractivity contribution in [1.82, 2.24) is 4.90 Å². The molecular weight excluding hydrogens is 394 g/mol. The van der Waals surface area contributed by atoms with Gasteiger partial charge in [0.1, 0.15) is 6.61 Å². The summed E-state index contributed by atoms with van der Waals surface area (Å²) in [6.45, 7) is 1.97. The number of rotatable bonds is 5. The van der Waals surface area contributed by atoms with Crippen LogP contribution in [0.3, 0.4) is 0 Å². The van der Waals surface area contributed by atoms with Gasteiger partial charge in [-0.1, -0.05) is 36.4 Å². The second kappa shape index (κ2) is 9.47. The van der Waals surface area contributed by atoms with Crippen molar-refractivity contribution in [3.8, 4) is 0 Å². The molecular formula is C24H25N3O4. The number of likely N-dealkylation sites (tertiary alicyclic amines) is 1. The minimum absolute atomic E-state index is 0.0343. The second-order valence-electron chi connectivity index (χ2n) is 7.65. The van der Waals surface area contributed by atoms with E-state index in [2.05, 4.69) is 5.32 Å². The molecule has 0 aromatic heterocycles. The third-order valence-corrected chi connectivity index (χ3v) is 5.58. The number of cyclic esters (lactones) is 1. The van der Waals surface area contributed by atoms with Gasteiger partial charge in [0.25, 0.3) is 0 Å². The standard InChI is InChI=1S/C24H25N3O4/c28-22(10-9-18-5-2-1-3-6-18)26-13-11-19(12-14-26)23(29)25-20-7-4-8-21(17-20)27-15-16-31-24(27)30/h1-10,17,19H,11-16H2,(H,25,29)/b10-9+. The Morgan fingerprint density at radius 2 is 1.77 bits per heavy atom. The maximum absolute atomic E-state index is 12.7. The van der Waals surface area contributed by atoms with Crippen LogP contribution in [-0.4, -0.2) is 49.0 Å². The first-order chi connectivity index (χ1) is 15.1. The van der Waals surface area contributed by atoms with Crippen LogP contribution in [0.15, 0.2) is 60.7 Å². The molecule has 0 radical (unpaired) electrons. The van der Waals surface area contributed by atoms with Crippen molar-refractivity contribution in [3.63, 3.8) is 0 Å². The Bertz CT molecular complexity index is 981. The Morgan fingerprint density at radius 1 is 1.00 bits per heavy atom.